The van der Waals surface area contributed by atoms with Crippen molar-refractivity contribution in [1.82, 2.24) is 9.97 Å². The quantitative estimate of drug-likeness (QED) is 0.693. The fourth-order valence-corrected chi connectivity index (χ4v) is 2.34. The van der Waals surface area contributed by atoms with E-state index in [9.17, 15) is 9.18 Å². The van der Waals surface area contributed by atoms with Crippen molar-refractivity contribution < 1.29 is 4.39 Å². The maximum Gasteiger partial charge on any atom is 0.255 e. The van der Waals surface area contributed by atoms with E-state index in [-0.39, 0.29) is 17.3 Å². The second kappa shape index (κ2) is 6.02. The molecule has 0 spiro atoms. The first-order valence-electron chi connectivity index (χ1n) is 5.21. The standard InChI is InChI=1S/C12H10ClFN2OS/c13-5-8-6-15-11(16-12(8)17)7-18-10-4-2-1-3-9(10)14/h1-4,6H,5,7H2,(H,15,16,17). The van der Waals surface area contributed by atoms with Crippen LogP contribution in [0.15, 0.2) is 40.2 Å². The van der Waals surface area contributed by atoms with E-state index in [4.69, 9.17) is 11.6 Å². The Kier molecular flexibility index (Phi) is 4.38. The van der Waals surface area contributed by atoms with Crippen LogP contribution in [0.5, 0.6) is 0 Å². The molecule has 3 nitrogen and oxygen atoms in total. The number of hydrogen-bond donors (Lipinski definition) is 1. The van der Waals surface area contributed by atoms with Crippen molar-refractivity contribution in [2.24, 2.45) is 0 Å². The van der Waals surface area contributed by atoms with Crippen LogP contribution in [-0.4, -0.2) is 9.97 Å². The van der Waals surface area contributed by atoms with E-state index in [1.807, 2.05) is 0 Å². The van der Waals surface area contributed by atoms with Gasteiger partial charge in [0.05, 0.1) is 17.2 Å². The van der Waals surface area contributed by atoms with Gasteiger partial charge < -0.3 is 4.98 Å². The lowest BCUT2D eigenvalue weighted by atomic mass is 10.3. The van der Waals surface area contributed by atoms with E-state index < -0.39 is 0 Å². The molecule has 1 aromatic carbocycles. The minimum absolute atomic E-state index is 0.128. The summed E-state index contributed by atoms with van der Waals surface area (Å²) in [4.78, 5) is 18.7. The SMILES string of the molecule is O=c1[nH]c(CSc2ccccc2F)ncc1CCl. The van der Waals surface area contributed by atoms with Crippen molar-refractivity contribution in [3.63, 3.8) is 0 Å². The van der Waals surface area contributed by atoms with Gasteiger partial charge in [0, 0.05) is 11.1 Å². The fraction of sp³-hybridized carbons (Fsp3) is 0.167. The summed E-state index contributed by atoms with van der Waals surface area (Å²) in [6, 6.07) is 6.48. The van der Waals surface area contributed by atoms with Gasteiger partial charge in [-0.1, -0.05) is 12.1 Å². The minimum atomic E-state index is -0.276. The van der Waals surface area contributed by atoms with Crippen LogP contribution in [0, 0.1) is 5.82 Å². The van der Waals surface area contributed by atoms with Crippen LogP contribution in [0.4, 0.5) is 4.39 Å². The maximum absolute atomic E-state index is 13.4. The molecule has 0 amide bonds. The van der Waals surface area contributed by atoms with E-state index in [1.54, 1.807) is 18.2 Å². The highest BCUT2D eigenvalue weighted by Gasteiger charge is 2.05. The molecule has 1 aromatic heterocycles. The Hall–Kier alpha value is -1.33. The smallest absolute Gasteiger partial charge is 0.255 e. The zero-order valence-electron chi connectivity index (χ0n) is 9.32. The number of halogens is 2. The first kappa shape index (κ1) is 13.1. The Bertz CT molecular complexity index is 603. The normalized spacial score (nSPS) is 10.6. The number of hydrogen-bond acceptors (Lipinski definition) is 3. The second-order valence-corrected chi connectivity index (χ2v) is 4.82. The van der Waals surface area contributed by atoms with Gasteiger partial charge in [-0.25, -0.2) is 9.37 Å². The van der Waals surface area contributed by atoms with Crippen LogP contribution in [-0.2, 0) is 11.6 Å². The predicted octanol–water partition coefficient (Wildman–Crippen LogP) is 2.94. The third-order valence-corrected chi connectivity index (χ3v) is 3.62. The molecule has 18 heavy (non-hydrogen) atoms. The van der Waals surface area contributed by atoms with Crippen LogP contribution in [0.25, 0.3) is 0 Å². The van der Waals surface area contributed by atoms with Crippen LogP contribution < -0.4 is 5.56 Å². The van der Waals surface area contributed by atoms with Gasteiger partial charge in [0.2, 0.25) is 0 Å². The topological polar surface area (TPSA) is 45.8 Å². The molecule has 0 saturated carbocycles. The lowest BCUT2D eigenvalue weighted by molar-refractivity contribution is 0.602. The highest BCUT2D eigenvalue weighted by Crippen LogP contribution is 2.23. The van der Waals surface area contributed by atoms with Crippen molar-refractivity contribution in [1.29, 1.82) is 0 Å². The molecule has 2 rings (SSSR count). The Morgan fingerprint density at radius 2 is 2.17 bits per heavy atom. The zero-order valence-corrected chi connectivity index (χ0v) is 10.9. The summed E-state index contributed by atoms with van der Waals surface area (Å²) in [7, 11) is 0. The van der Waals surface area contributed by atoms with E-state index in [2.05, 4.69) is 9.97 Å². The number of nitrogens with one attached hydrogen (secondary N) is 1. The maximum atomic E-state index is 13.4. The molecule has 0 unspecified atom stereocenters. The zero-order chi connectivity index (χ0) is 13.0. The van der Waals surface area contributed by atoms with Crippen molar-refractivity contribution >= 4 is 23.4 Å². The number of aromatic amines is 1. The molecule has 1 N–H and O–H groups in total. The number of rotatable bonds is 4. The molecule has 0 aliphatic heterocycles. The Balaban J connectivity index is 2.09. The van der Waals surface area contributed by atoms with Gasteiger partial charge in [0.25, 0.3) is 5.56 Å². The van der Waals surface area contributed by atoms with Crippen molar-refractivity contribution in [2.45, 2.75) is 16.5 Å². The number of H-pyrrole nitrogens is 1. The van der Waals surface area contributed by atoms with Crippen molar-refractivity contribution in [2.75, 3.05) is 0 Å². The summed E-state index contributed by atoms with van der Waals surface area (Å²) in [5.41, 5.74) is 0.181. The number of aromatic nitrogens is 2. The summed E-state index contributed by atoms with van der Waals surface area (Å²) in [5, 5.41) is 0. The van der Waals surface area contributed by atoms with Gasteiger partial charge in [-0.3, -0.25) is 4.79 Å². The predicted molar refractivity (Wildman–Crippen MR) is 70.4 cm³/mol. The molecule has 0 bridgehead atoms. The first-order valence-corrected chi connectivity index (χ1v) is 6.73. The number of nitrogens with zero attached hydrogens (tertiary/aromatic N) is 1. The summed E-state index contributed by atoms with van der Waals surface area (Å²) in [6.45, 7) is 0. The molecule has 94 valence electrons. The van der Waals surface area contributed by atoms with Gasteiger partial charge >= 0.3 is 0 Å². The molecule has 0 radical (unpaired) electrons. The Morgan fingerprint density at radius 3 is 2.83 bits per heavy atom. The number of alkyl halides is 1. The molecule has 6 heteroatoms. The van der Waals surface area contributed by atoms with E-state index in [0.717, 1.165) is 0 Å². The molecule has 1 heterocycles. The Morgan fingerprint density at radius 1 is 1.39 bits per heavy atom. The van der Waals surface area contributed by atoms with E-state index in [0.29, 0.717) is 22.0 Å². The third kappa shape index (κ3) is 3.11. The molecular weight excluding hydrogens is 275 g/mol. The van der Waals surface area contributed by atoms with E-state index >= 15 is 0 Å². The Labute approximate surface area is 112 Å². The monoisotopic (exact) mass is 284 g/mol. The van der Waals surface area contributed by atoms with Crippen molar-refractivity contribution in [3.05, 3.63) is 58.0 Å². The van der Waals surface area contributed by atoms with Crippen LogP contribution in [0.2, 0.25) is 0 Å². The highest BCUT2D eigenvalue weighted by atomic mass is 35.5. The van der Waals surface area contributed by atoms with Gasteiger partial charge in [0.1, 0.15) is 11.6 Å². The molecule has 0 aliphatic rings. The van der Waals surface area contributed by atoms with E-state index in [1.165, 1.54) is 24.0 Å². The third-order valence-electron chi connectivity index (χ3n) is 2.27. The number of benzene rings is 1. The summed E-state index contributed by atoms with van der Waals surface area (Å²) in [5.74, 6) is 0.756. The van der Waals surface area contributed by atoms with Gasteiger partial charge in [-0.2, -0.15) is 0 Å². The molecular formula is C12H10ClFN2OS. The average Bonchev–Trinajstić information content (AvgIpc) is 2.38. The summed E-state index contributed by atoms with van der Waals surface area (Å²) in [6.07, 6.45) is 1.45. The molecule has 0 aliphatic carbocycles. The van der Waals surface area contributed by atoms with Crippen molar-refractivity contribution in [3.8, 4) is 0 Å². The highest BCUT2D eigenvalue weighted by molar-refractivity contribution is 7.98. The lowest BCUT2D eigenvalue weighted by Gasteiger charge is -2.03. The molecule has 2 aromatic rings. The lowest BCUT2D eigenvalue weighted by Crippen LogP contribution is -2.14. The van der Waals surface area contributed by atoms with Crippen LogP contribution >= 0.6 is 23.4 Å². The van der Waals surface area contributed by atoms with Crippen LogP contribution in [0.3, 0.4) is 0 Å². The van der Waals surface area contributed by atoms with Gasteiger partial charge in [0.15, 0.2) is 0 Å². The minimum Gasteiger partial charge on any atom is -0.310 e. The second-order valence-electron chi connectivity index (χ2n) is 3.54. The largest absolute Gasteiger partial charge is 0.310 e. The average molecular weight is 285 g/mol. The summed E-state index contributed by atoms with van der Waals surface area (Å²) >= 11 is 6.85. The molecule has 0 atom stereocenters. The van der Waals surface area contributed by atoms with Crippen LogP contribution in [0.1, 0.15) is 11.4 Å². The molecule has 0 fully saturated rings. The number of thioether (sulfide) groups is 1. The van der Waals surface area contributed by atoms with Gasteiger partial charge in [-0.15, -0.1) is 23.4 Å². The first-order chi connectivity index (χ1) is 8.70. The molecule has 0 saturated heterocycles. The summed E-state index contributed by atoms with van der Waals surface area (Å²) < 4.78 is 13.4. The van der Waals surface area contributed by atoms with Gasteiger partial charge in [-0.05, 0) is 12.1 Å². The fourth-order valence-electron chi connectivity index (χ4n) is 1.33.